The number of Topliss-reactive ketones (excluding diaryl/α,β-unsaturated/α-hetero) is 1. The van der Waals surface area contributed by atoms with Crippen molar-refractivity contribution in [2.45, 2.75) is 51.6 Å². The minimum Gasteiger partial charge on any atom is -0.460 e. The molecule has 0 unspecified atom stereocenters. The van der Waals surface area contributed by atoms with E-state index in [2.05, 4.69) is 5.32 Å². The van der Waals surface area contributed by atoms with Crippen molar-refractivity contribution in [3.63, 3.8) is 0 Å². The highest BCUT2D eigenvalue weighted by Gasteiger charge is 2.42. The van der Waals surface area contributed by atoms with Gasteiger partial charge in [-0.3, -0.25) is 4.79 Å². The number of hydrogen-bond acceptors (Lipinski definition) is 4. The summed E-state index contributed by atoms with van der Waals surface area (Å²) in [5.41, 5.74) is 4.22. The molecule has 0 fully saturated rings. The molecule has 1 aliphatic carbocycles. The SMILES string of the molecule is CC1=C(C(=O)OC(C)C)[C@@H](c2cccc(Cl)c2Cl)C2=C(C[C@H](c3ccccc3)CC2=O)N1. The number of esters is 1. The summed E-state index contributed by atoms with van der Waals surface area (Å²) in [6.07, 6.45) is 0.743. The van der Waals surface area contributed by atoms with Crippen LogP contribution < -0.4 is 5.32 Å². The maximum Gasteiger partial charge on any atom is 0.337 e. The second-order valence-electron chi connectivity index (χ2n) is 8.53. The largest absolute Gasteiger partial charge is 0.460 e. The van der Waals surface area contributed by atoms with E-state index in [9.17, 15) is 9.59 Å². The molecule has 2 aliphatic rings. The van der Waals surface area contributed by atoms with Gasteiger partial charge in [0.05, 0.1) is 21.7 Å². The van der Waals surface area contributed by atoms with Crippen LogP contribution in [0.1, 0.15) is 56.6 Å². The van der Waals surface area contributed by atoms with Gasteiger partial charge in [0.1, 0.15) is 0 Å². The quantitative estimate of drug-likeness (QED) is 0.533. The van der Waals surface area contributed by atoms with E-state index in [0.29, 0.717) is 45.3 Å². The first-order valence-corrected chi connectivity index (χ1v) is 11.5. The monoisotopic (exact) mass is 469 g/mol. The average Bonchev–Trinajstić information content (AvgIpc) is 2.74. The van der Waals surface area contributed by atoms with Gasteiger partial charge in [-0.15, -0.1) is 0 Å². The Hall–Kier alpha value is -2.56. The Morgan fingerprint density at radius 2 is 1.78 bits per heavy atom. The maximum absolute atomic E-state index is 13.5. The fourth-order valence-corrected chi connectivity index (χ4v) is 5.02. The van der Waals surface area contributed by atoms with E-state index < -0.39 is 11.9 Å². The normalized spacial score (nSPS) is 20.9. The Morgan fingerprint density at radius 3 is 2.47 bits per heavy atom. The first kappa shape index (κ1) is 22.6. The number of ketones is 1. The van der Waals surface area contributed by atoms with E-state index >= 15 is 0 Å². The summed E-state index contributed by atoms with van der Waals surface area (Å²) in [7, 11) is 0. The van der Waals surface area contributed by atoms with Gasteiger partial charge >= 0.3 is 5.97 Å². The number of nitrogens with one attached hydrogen (secondary N) is 1. The van der Waals surface area contributed by atoms with Gasteiger partial charge in [-0.05, 0) is 50.3 Å². The van der Waals surface area contributed by atoms with Crippen LogP contribution in [-0.2, 0) is 14.3 Å². The first-order chi connectivity index (χ1) is 15.3. The van der Waals surface area contributed by atoms with Crippen LogP contribution in [0.4, 0.5) is 0 Å². The highest BCUT2D eigenvalue weighted by Crippen LogP contribution is 2.48. The standard InChI is InChI=1S/C26H25Cl2NO3/c1-14(2)32-26(31)22-15(3)29-20-12-17(16-8-5-4-6-9-16)13-21(30)24(20)23(22)18-10-7-11-19(27)25(18)28/h4-11,14,17,23,29H,12-13H2,1-3H3/t17-,23+/m0/s1. The van der Waals surface area contributed by atoms with Crippen LogP contribution in [0.25, 0.3) is 0 Å². The summed E-state index contributed by atoms with van der Waals surface area (Å²) in [5.74, 6) is -1.03. The number of dihydropyridines is 1. The lowest BCUT2D eigenvalue weighted by Crippen LogP contribution is -2.36. The molecule has 2 atom stereocenters. The second kappa shape index (κ2) is 9.13. The molecule has 166 valence electrons. The van der Waals surface area contributed by atoms with Crippen molar-refractivity contribution in [3.8, 4) is 0 Å². The lowest BCUT2D eigenvalue weighted by Gasteiger charge is -2.37. The number of hydrogen-bond donors (Lipinski definition) is 1. The van der Waals surface area contributed by atoms with E-state index in [4.69, 9.17) is 27.9 Å². The summed E-state index contributed by atoms with van der Waals surface area (Å²) in [4.78, 5) is 26.7. The lowest BCUT2D eigenvalue weighted by molar-refractivity contribution is -0.143. The lowest BCUT2D eigenvalue weighted by atomic mass is 9.71. The molecule has 2 aromatic rings. The third-order valence-electron chi connectivity index (χ3n) is 5.95. The Bertz CT molecular complexity index is 1140. The van der Waals surface area contributed by atoms with Crippen LogP contribution in [0.2, 0.25) is 10.0 Å². The van der Waals surface area contributed by atoms with Crippen molar-refractivity contribution in [1.29, 1.82) is 0 Å². The van der Waals surface area contributed by atoms with Gasteiger partial charge < -0.3 is 10.1 Å². The Balaban J connectivity index is 1.84. The van der Waals surface area contributed by atoms with Gasteiger partial charge in [0.2, 0.25) is 0 Å². The molecule has 1 heterocycles. The summed E-state index contributed by atoms with van der Waals surface area (Å²) in [6.45, 7) is 5.43. The number of rotatable bonds is 4. The van der Waals surface area contributed by atoms with Crippen molar-refractivity contribution in [1.82, 2.24) is 5.32 Å². The number of carbonyl (C=O) groups excluding carboxylic acids is 2. The van der Waals surface area contributed by atoms with Crippen molar-refractivity contribution in [2.24, 2.45) is 0 Å². The molecular weight excluding hydrogens is 445 g/mol. The molecule has 0 saturated heterocycles. The van der Waals surface area contributed by atoms with E-state index in [1.54, 1.807) is 26.0 Å². The fourth-order valence-electron chi connectivity index (χ4n) is 4.60. The molecule has 2 aromatic carbocycles. The highest BCUT2D eigenvalue weighted by molar-refractivity contribution is 6.42. The highest BCUT2D eigenvalue weighted by atomic mass is 35.5. The van der Waals surface area contributed by atoms with Crippen LogP contribution >= 0.6 is 23.2 Å². The molecule has 1 N–H and O–H groups in total. The molecular formula is C26H25Cl2NO3. The third-order valence-corrected chi connectivity index (χ3v) is 6.79. The molecule has 6 heteroatoms. The first-order valence-electron chi connectivity index (χ1n) is 10.7. The number of halogens is 2. The molecule has 0 bridgehead atoms. The Kier molecular flexibility index (Phi) is 6.45. The minimum absolute atomic E-state index is 0.00371. The predicted octanol–water partition coefficient (Wildman–Crippen LogP) is 6.31. The minimum atomic E-state index is -0.632. The van der Waals surface area contributed by atoms with Gasteiger partial charge in [-0.1, -0.05) is 65.7 Å². The van der Waals surface area contributed by atoms with E-state index in [1.165, 1.54) is 0 Å². The smallest absolute Gasteiger partial charge is 0.337 e. The van der Waals surface area contributed by atoms with E-state index in [1.807, 2.05) is 43.3 Å². The van der Waals surface area contributed by atoms with Gasteiger partial charge in [0.25, 0.3) is 0 Å². The molecule has 4 nitrogen and oxygen atoms in total. The number of carbonyl (C=O) groups is 2. The molecule has 0 aromatic heterocycles. The second-order valence-corrected chi connectivity index (χ2v) is 9.31. The summed E-state index contributed by atoms with van der Waals surface area (Å²) in [5, 5.41) is 4.07. The summed E-state index contributed by atoms with van der Waals surface area (Å²) < 4.78 is 5.54. The van der Waals surface area contributed by atoms with Crippen LogP contribution in [0.5, 0.6) is 0 Å². The Morgan fingerprint density at radius 1 is 1.06 bits per heavy atom. The van der Waals surface area contributed by atoms with Crippen LogP contribution in [0.15, 0.2) is 71.1 Å². The van der Waals surface area contributed by atoms with Gasteiger partial charge in [0, 0.05) is 29.3 Å². The van der Waals surface area contributed by atoms with Crippen molar-refractivity contribution in [2.75, 3.05) is 0 Å². The van der Waals surface area contributed by atoms with E-state index in [0.717, 1.165) is 11.3 Å². The number of benzene rings is 2. The van der Waals surface area contributed by atoms with Crippen molar-refractivity contribution < 1.29 is 14.3 Å². The zero-order valence-corrected chi connectivity index (χ0v) is 19.8. The van der Waals surface area contributed by atoms with Gasteiger partial charge in [0.15, 0.2) is 5.78 Å². The maximum atomic E-state index is 13.5. The molecule has 0 spiro atoms. The van der Waals surface area contributed by atoms with Gasteiger partial charge in [-0.2, -0.15) is 0 Å². The predicted molar refractivity (Wildman–Crippen MR) is 127 cm³/mol. The Labute approximate surface area is 198 Å². The number of allylic oxidation sites excluding steroid dienone is 3. The molecule has 0 radical (unpaired) electrons. The summed E-state index contributed by atoms with van der Waals surface area (Å²) in [6, 6.07) is 15.3. The molecule has 1 aliphatic heterocycles. The summed E-state index contributed by atoms with van der Waals surface area (Å²) >= 11 is 12.9. The topological polar surface area (TPSA) is 55.4 Å². The van der Waals surface area contributed by atoms with Crippen LogP contribution in [-0.4, -0.2) is 17.9 Å². The third kappa shape index (κ3) is 4.22. The zero-order valence-electron chi connectivity index (χ0n) is 18.2. The molecule has 32 heavy (non-hydrogen) atoms. The zero-order chi connectivity index (χ0) is 23.0. The fraction of sp³-hybridized carbons (Fsp3) is 0.308. The van der Waals surface area contributed by atoms with Crippen molar-refractivity contribution >= 4 is 35.0 Å². The van der Waals surface area contributed by atoms with E-state index in [-0.39, 0.29) is 17.8 Å². The van der Waals surface area contributed by atoms with Crippen molar-refractivity contribution in [3.05, 3.63) is 92.2 Å². The van der Waals surface area contributed by atoms with Crippen LogP contribution in [0.3, 0.4) is 0 Å². The van der Waals surface area contributed by atoms with Gasteiger partial charge in [-0.25, -0.2) is 4.79 Å². The van der Waals surface area contributed by atoms with Crippen LogP contribution in [0, 0.1) is 0 Å². The molecule has 0 saturated carbocycles. The number of ether oxygens (including phenoxy) is 1. The molecule has 4 rings (SSSR count). The average molecular weight is 470 g/mol. The molecule has 0 amide bonds.